The van der Waals surface area contributed by atoms with E-state index in [-0.39, 0.29) is 30.4 Å². The standard InChI is InChI=1S/C11H14F3N5O2/c1-2-21-8(20)6-19-9(16)7(5-15)10(18-19)17-4-3-11(12,13)14/h2-4,6,16H2,1H3,(H,17,18). The molecule has 0 spiro atoms. The van der Waals surface area contributed by atoms with Crippen molar-refractivity contribution in [3.8, 4) is 6.07 Å². The zero-order valence-corrected chi connectivity index (χ0v) is 11.2. The Kier molecular flexibility index (Phi) is 5.40. The van der Waals surface area contributed by atoms with Crippen LogP contribution in [0.2, 0.25) is 0 Å². The Labute approximate surface area is 118 Å². The van der Waals surface area contributed by atoms with E-state index in [0.717, 1.165) is 4.68 Å². The number of carbonyl (C=O) groups is 1. The van der Waals surface area contributed by atoms with Crippen LogP contribution in [0.4, 0.5) is 24.8 Å². The maximum absolute atomic E-state index is 12.1. The predicted molar refractivity (Wildman–Crippen MR) is 67.1 cm³/mol. The molecule has 1 aromatic heterocycles. The number of nitrogens with one attached hydrogen (secondary N) is 1. The molecule has 0 saturated carbocycles. The SMILES string of the molecule is CCOC(=O)Cn1nc(NCCC(F)(F)F)c(C#N)c1N. The van der Waals surface area contributed by atoms with Crippen LogP contribution >= 0.6 is 0 Å². The third-order valence-corrected chi connectivity index (χ3v) is 2.39. The lowest BCUT2D eigenvalue weighted by atomic mass is 10.3. The highest BCUT2D eigenvalue weighted by molar-refractivity contribution is 5.71. The summed E-state index contributed by atoms with van der Waals surface area (Å²) in [5.74, 6) is -0.818. The van der Waals surface area contributed by atoms with Crippen molar-refractivity contribution in [2.75, 3.05) is 24.2 Å². The Morgan fingerprint density at radius 3 is 2.76 bits per heavy atom. The van der Waals surface area contributed by atoms with Crippen LogP contribution in [0.3, 0.4) is 0 Å². The van der Waals surface area contributed by atoms with Crippen molar-refractivity contribution >= 4 is 17.6 Å². The topological polar surface area (TPSA) is 106 Å². The molecule has 21 heavy (non-hydrogen) atoms. The summed E-state index contributed by atoms with van der Waals surface area (Å²) in [5.41, 5.74) is 5.51. The molecule has 0 aliphatic heterocycles. The fourth-order valence-electron chi connectivity index (χ4n) is 1.48. The van der Waals surface area contributed by atoms with Crippen LogP contribution < -0.4 is 11.1 Å². The molecule has 116 valence electrons. The third-order valence-electron chi connectivity index (χ3n) is 2.39. The minimum absolute atomic E-state index is 0.0939. The molecule has 0 aromatic carbocycles. The van der Waals surface area contributed by atoms with E-state index in [9.17, 15) is 18.0 Å². The third kappa shape index (κ3) is 4.87. The van der Waals surface area contributed by atoms with Gasteiger partial charge in [0.1, 0.15) is 24.0 Å². The van der Waals surface area contributed by atoms with Gasteiger partial charge in [0.25, 0.3) is 0 Å². The average molecular weight is 305 g/mol. The molecule has 7 nitrogen and oxygen atoms in total. The molecule has 0 aliphatic rings. The molecule has 0 atom stereocenters. The first-order valence-corrected chi connectivity index (χ1v) is 6.01. The Balaban J connectivity index is 2.81. The minimum atomic E-state index is -4.32. The lowest BCUT2D eigenvalue weighted by molar-refractivity contribution is -0.144. The number of aromatic nitrogens is 2. The van der Waals surface area contributed by atoms with Crippen LogP contribution in [0.15, 0.2) is 0 Å². The molecule has 3 N–H and O–H groups in total. The van der Waals surface area contributed by atoms with Crippen molar-refractivity contribution in [3.05, 3.63) is 5.56 Å². The van der Waals surface area contributed by atoms with Crippen LogP contribution in [0.1, 0.15) is 18.9 Å². The number of nitrogen functional groups attached to an aromatic ring is 1. The van der Waals surface area contributed by atoms with E-state index in [1.807, 2.05) is 0 Å². The number of nitrogens with two attached hydrogens (primary N) is 1. The molecule has 1 rings (SSSR count). The molecule has 0 saturated heterocycles. The highest BCUT2D eigenvalue weighted by atomic mass is 19.4. The monoisotopic (exact) mass is 305 g/mol. The zero-order chi connectivity index (χ0) is 16.0. The Morgan fingerprint density at radius 2 is 2.24 bits per heavy atom. The fourth-order valence-corrected chi connectivity index (χ4v) is 1.48. The van der Waals surface area contributed by atoms with E-state index in [1.54, 1.807) is 13.0 Å². The van der Waals surface area contributed by atoms with Gasteiger partial charge >= 0.3 is 12.1 Å². The van der Waals surface area contributed by atoms with Gasteiger partial charge in [-0.05, 0) is 6.92 Å². The van der Waals surface area contributed by atoms with Gasteiger partial charge in [-0.15, -0.1) is 0 Å². The molecule has 0 radical (unpaired) electrons. The lowest BCUT2D eigenvalue weighted by Gasteiger charge is -2.06. The average Bonchev–Trinajstić information content (AvgIpc) is 2.64. The minimum Gasteiger partial charge on any atom is -0.465 e. The van der Waals surface area contributed by atoms with E-state index < -0.39 is 25.1 Å². The second-order valence-corrected chi connectivity index (χ2v) is 3.98. The van der Waals surface area contributed by atoms with Gasteiger partial charge in [-0.25, -0.2) is 4.68 Å². The lowest BCUT2D eigenvalue weighted by Crippen LogP contribution is -2.17. The summed E-state index contributed by atoms with van der Waals surface area (Å²) in [7, 11) is 0. The number of carbonyl (C=O) groups excluding carboxylic acids is 1. The number of anilines is 2. The normalized spacial score (nSPS) is 11.0. The van der Waals surface area contributed by atoms with Gasteiger partial charge in [0.15, 0.2) is 5.82 Å². The van der Waals surface area contributed by atoms with E-state index >= 15 is 0 Å². The van der Waals surface area contributed by atoms with Gasteiger partial charge in [0.05, 0.1) is 13.0 Å². The molecule has 0 aliphatic carbocycles. The predicted octanol–water partition coefficient (Wildman–Crippen LogP) is 1.26. The molecule has 1 heterocycles. The maximum atomic E-state index is 12.1. The van der Waals surface area contributed by atoms with Crippen molar-refractivity contribution in [2.24, 2.45) is 0 Å². The number of ether oxygens (including phenoxy) is 1. The number of alkyl halides is 3. The number of halogens is 3. The molecule has 0 amide bonds. The number of nitriles is 1. The number of rotatable bonds is 6. The molecule has 0 bridgehead atoms. The van der Waals surface area contributed by atoms with Crippen LogP contribution in [-0.2, 0) is 16.1 Å². The van der Waals surface area contributed by atoms with Crippen molar-refractivity contribution < 1.29 is 22.7 Å². The van der Waals surface area contributed by atoms with E-state index in [2.05, 4.69) is 10.4 Å². The highest BCUT2D eigenvalue weighted by Gasteiger charge is 2.27. The maximum Gasteiger partial charge on any atom is 0.390 e. The van der Waals surface area contributed by atoms with E-state index in [4.69, 9.17) is 15.7 Å². The molecule has 10 heteroatoms. The number of hydrogen-bond donors (Lipinski definition) is 2. The first kappa shape index (κ1) is 16.6. The molecule has 0 fully saturated rings. The first-order chi connectivity index (χ1) is 9.78. The van der Waals surface area contributed by atoms with Gasteiger partial charge in [0.2, 0.25) is 0 Å². The Bertz CT molecular complexity index is 547. The Morgan fingerprint density at radius 1 is 1.57 bits per heavy atom. The summed E-state index contributed by atoms with van der Waals surface area (Å²) >= 11 is 0. The van der Waals surface area contributed by atoms with Gasteiger partial charge in [-0.3, -0.25) is 4.79 Å². The van der Waals surface area contributed by atoms with Crippen molar-refractivity contribution in [2.45, 2.75) is 26.1 Å². The summed E-state index contributed by atoms with van der Waals surface area (Å²) in [6.45, 7) is 1.01. The molecule has 0 unspecified atom stereocenters. The second kappa shape index (κ2) is 6.83. The van der Waals surface area contributed by atoms with Crippen LogP contribution in [0, 0.1) is 11.3 Å². The summed E-state index contributed by atoms with van der Waals surface area (Å²) in [4.78, 5) is 11.3. The fraction of sp³-hybridized carbons (Fsp3) is 0.545. The quantitative estimate of drug-likeness (QED) is 0.766. The summed E-state index contributed by atoms with van der Waals surface area (Å²) in [5, 5.41) is 15.1. The van der Waals surface area contributed by atoms with Gasteiger partial charge in [-0.1, -0.05) is 0 Å². The number of hydrogen-bond acceptors (Lipinski definition) is 6. The van der Waals surface area contributed by atoms with Crippen LogP contribution in [0.25, 0.3) is 0 Å². The summed E-state index contributed by atoms with van der Waals surface area (Å²) in [6.07, 6.45) is -5.40. The van der Waals surface area contributed by atoms with E-state index in [1.165, 1.54) is 0 Å². The molecule has 1 aromatic rings. The van der Waals surface area contributed by atoms with Crippen molar-refractivity contribution in [1.82, 2.24) is 9.78 Å². The van der Waals surface area contributed by atoms with Crippen LogP contribution in [-0.4, -0.2) is 35.1 Å². The zero-order valence-electron chi connectivity index (χ0n) is 11.2. The summed E-state index contributed by atoms with van der Waals surface area (Å²) in [6, 6.07) is 1.73. The first-order valence-electron chi connectivity index (χ1n) is 6.01. The Hall–Kier alpha value is -2.44. The second-order valence-electron chi connectivity index (χ2n) is 3.98. The largest absolute Gasteiger partial charge is 0.465 e. The van der Waals surface area contributed by atoms with Crippen LogP contribution in [0.5, 0.6) is 0 Å². The van der Waals surface area contributed by atoms with Gasteiger partial charge < -0.3 is 15.8 Å². The van der Waals surface area contributed by atoms with Crippen molar-refractivity contribution in [3.63, 3.8) is 0 Å². The van der Waals surface area contributed by atoms with Gasteiger partial charge in [-0.2, -0.15) is 23.5 Å². The van der Waals surface area contributed by atoms with E-state index in [0.29, 0.717) is 0 Å². The number of esters is 1. The molecular formula is C11H14F3N5O2. The van der Waals surface area contributed by atoms with Gasteiger partial charge in [0, 0.05) is 6.54 Å². The highest BCUT2D eigenvalue weighted by Crippen LogP contribution is 2.23. The molecular weight excluding hydrogens is 291 g/mol. The van der Waals surface area contributed by atoms with Crippen molar-refractivity contribution in [1.29, 1.82) is 5.26 Å². The smallest absolute Gasteiger partial charge is 0.390 e. The number of nitrogens with zero attached hydrogens (tertiary/aromatic N) is 3. The summed E-state index contributed by atoms with van der Waals surface area (Å²) < 4.78 is 41.9.